The van der Waals surface area contributed by atoms with Gasteiger partial charge in [0.15, 0.2) is 30.4 Å². The topological polar surface area (TPSA) is 187 Å². The molecule has 1 amide bonds. The molecule has 5 saturated heterocycles. The van der Waals surface area contributed by atoms with Gasteiger partial charge >= 0.3 is 24.0 Å². The summed E-state index contributed by atoms with van der Waals surface area (Å²) in [4.78, 5) is 76.8. The van der Waals surface area contributed by atoms with Crippen LogP contribution in [-0.2, 0) is 66.5 Å². The van der Waals surface area contributed by atoms with Crippen LogP contribution in [0.15, 0.2) is 60.7 Å². The first kappa shape index (κ1) is 60.1. The maximum absolute atomic E-state index is 15.5. The summed E-state index contributed by atoms with van der Waals surface area (Å²) in [5.41, 5.74) is -1.66. The fraction of sp³-hybridized carbons (Fsp3) is 0.712. The van der Waals surface area contributed by atoms with E-state index in [1.54, 1.807) is 32.8 Å². The molecule has 0 radical (unpaired) electrons. The Hall–Kier alpha value is -4.53. The van der Waals surface area contributed by atoms with Gasteiger partial charge in [0, 0.05) is 65.3 Å². The van der Waals surface area contributed by atoms with Crippen molar-refractivity contribution in [1.29, 1.82) is 0 Å². The molecule has 0 bridgehead atoms. The number of carbonyl (C=O) groups excluding carboxylic acids is 5. The number of nitrogens with zero attached hydrogens (tertiary/aromatic N) is 3. The van der Waals surface area contributed by atoms with Crippen molar-refractivity contribution in [3.8, 4) is 0 Å². The van der Waals surface area contributed by atoms with Gasteiger partial charge < -0.3 is 52.3 Å². The summed E-state index contributed by atoms with van der Waals surface area (Å²) in [6.07, 6.45) is -7.61. The quantitative estimate of drug-likeness (QED) is 0.133. The third-order valence-electron chi connectivity index (χ3n) is 17.5. The number of rotatable bonds is 14. The minimum atomic E-state index is -1.48. The first-order valence-electron chi connectivity index (χ1n) is 27.6. The zero-order chi connectivity index (χ0) is 56.5. The molecule has 2 aromatic carbocycles. The molecule has 0 spiro atoms. The van der Waals surface area contributed by atoms with Gasteiger partial charge in [0.2, 0.25) is 0 Å². The number of hydrogen-bond acceptors (Lipinski definition) is 17. The molecule has 5 heterocycles. The van der Waals surface area contributed by atoms with Gasteiger partial charge in [0.05, 0.1) is 60.1 Å². The SMILES string of the molecule is CC[C@@H]1OC(=O)[C@H](C)[C@H](OC2CC(C)(OC)[C@@H](OC(C)=O)[C@@H](C)O2)[C@@H](C)[C@H](O[C@@H]2O[C@H](C)C[C@H](N(C)C)[C@@H]2OC(C)=O)C(C)(OC)C[C@H](C)C(=O)[C@H](C)[C@H]2N(C3CN(C(c4ccccc4)c4ccccc4)C3)C(=O)OC12C. The molecule has 0 aliphatic carbocycles. The molecular weight excluding hydrogens is 991 g/mol. The molecule has 7 rings (SSSR count). The summed E-state index contributed by atoms with van der Waals surface area (Å²) in [6.45, 7) is 22.0. The second kappa shape index (κ2) is 24.5. The van der Waals surface area contributed by atoms with Crippen LogP contribution < -0.4 is 0 Å². The highest BCUT2D eigenvalue weighted by atomic mass is 16.7. The van der Waals surface area contributed by atoms with Crippen LogP contribution >= 0.6 is 0 Å². The molecule has 4 unspecified atom stereocenters. The third kappa shape index (κ3) is 12.4. The molecule has 428 valence electrons. The number of carbonyl (C=O) groups is 5. The summed E-state index contributed by atoms with van der Waals surface area (Å²) in [5.74, 6) is -5.20. The monoisotopic (exact) mass is 1080 g/mol. The lowest BCUT2D eigenvalue weighted by Gasteiger charge is -2.51. The van der Waals surface area contributed by atoms with E-state index >= 15 is 9.59 Å². The third-order valence-corrected chi connectivity index (χ3v) is 17.5. The van der Waals surface area contributed by atoms with Gasteiger partial charge in [0.25, 0.3) is 0 Å². The van der Waals surface area contributed by atoms with Crippen LogP contribution in [0.5, 0.6) is 0 Å². The molecule has 0 aromatic heterocycles. The molecule has 5 fully saturated rings. The normalized spacial score (nSPS) is 38.8. The molecule has 5 aliphatic rings. The average molecular weight is 1080 g/mol. The molecule has 0 N–H and O–H groups in total. The Bertz CT molecular complexity index is 2320. The van der Waals surface area contributed by atoms with Gasteiger partial charge in [-0.1, -0.05) is 88.4 Å². The van der Waals surface area contributed by atoms with Gasteiger partial charge in [-0.05, 0) is 86.0 Å². The number of esters is 3. The van der Waals surface area contributed by atoms with Crippen LogP contribution in [0.1, 0.15) is 126 Å². The molecule has 18 heteroatoms. The number of fused-ring (bicyclic) bond motifs is 1. The number of amides is 1. The number of Topliss-reactive ketones (excluding diaryl/α,β-unsaturated/α-hetero) is 1. The first-order valence-corrected chi connectivity index (χ1v) is 27.6. The van der Waals surface area contributed by atoms with Gasteiger partial charge in [-0.25, -0.2) is 4.79 Å². The zero-order valence-electron chi connectivity index (χ0n) is 48.3. The highest BCUT2D eigenvalue weighted by molar-refractivity contribution is 5.85. The van der Waals surface area contributed by atoms with E-state index in [0.717, 1.165) is 11.1 Å². The molecule has 0 saturated carbocycles. The summed E-state index contributed by atoms with van der Waals surface area (Å²) >= 11 is 0. The predicted octanol–water partition coefficient (Wildman–Crippen LogP) is 7.52. The highest BCUT2D eigenvalue weighted by Crippen LogP contribution is 2.47. The second-order valence-electron chi connectivity index (χ2n) is 23.4. The van der Waals surface area contributed by atoms with Crippen LogP contribution in [0.2, 0.25) is 0 Å². The Labute approximate surface area is 456 Å². The molecule has 2 aromatic rings. The molecular formula is C59H87N3O15. The van der Waals surface area contributed by atoms with Crippen molar-refractivity contribution < 1.29 is 71.3 Å². The average Bonchev–Trinajstić information content (AvgIpc) is 3.69. The van der Waals surface area contributed by atoms with E-state index in [-0.39, 0.29) is 49.3 Å². The summed E-state index contributed by atoms with van der Waals surface area (Å²) < 4.78 is 65.0. The van der Waals surface area contributed by atoms with E-state index in [1.807, 2.05) is 104 Å². The van der Waals surface area contributed by atoms with Crippen LogP contribution in [-0.4, -0.2) is 176 Å². The van der Waals surface area contributed by atoms with Crippen molar-refractivity contribution >= 4 is 29.8 Å². The number of ether oxygens (including phenoxy) is 10. The maximum Gasteiger partial charge on any atom is 0.411 e. The second-order valence-corrected chi connectivity index (χ2v) is 23.4. The Balaban J connectivity index is 1.31. The van der Waals surface area contributed by atoms with Gasteiger partial charge in [-0.15, -0.1) is 0 Å². The lowest BCUT2D eigenvalue weighted by atomic mass is 9.72. The molecule has 77 heavy (non-hydrogen) atoms. The number of cyclic esters (lactones) is 1. The van der Waals surface area contributed by atoms with Crippen LogP contribution in [0.3, 0.4) is 0 Å². The number of methoxy groups -OCH3 is 2. The number of ketones is 1. The lowest BCUT2D eigenvalue weighted by molar-refractivity contribution is -0.320. The zero-order valence-corrected chi connectivity index (χ0v) is 48.3. The van der Waals surface area contributed by atoms with Crippen molar-refractivity contribution in [2.24, 2.45) is 23.7 Å². The standard InChI is InChI=1S/C59H87N3O15/c1-17-45-59(12)51(62(56(67)77-59)43-31-61(32-43)47(41-24-20-18-21-25-41)42-26-22-19-23-27-42)35(4)48(65)33(2)29-57(10,68-15)52(76-55-50(72-39(8)63)44(60(13)14)28-34(3)70-55)36(5)49(37(6)54(66)74-45)75-46-30-58(11,69-16)53(38(7)71-46)73-40(9)64/h18-27,33-38,43-47,49-53,55H,17,28-32H2,1-16H3/t33-,34+,35-,36+,37+,38+,44-,45-,46?,49+,50-,51+,52-,53-,55-,57?,58?,59?/m0/s1. The van der Waals surface area contributed by atoms with Crippen molar-refractivity contribution in [3.05, 3.63) is 71.8 Å². The van der Waals surface area contributed by atoms with Crippen LogP contribution in [0.4, 0.5) is 4.79 Å². The van der Waals surface area contributed by atoms with Crippen LogP contribution in [0, 0.1) is 23.7 Å². The minimum Gasteiger partial charge on any atom is -0.458 e. The fourth-order valence-electron chi connectivity index (χ4n) is 13.4. The van der Waals surface area contributed by atoms with E-state index < -0.39 is 120 Å². The van der Waals surface area contributed by atoms with E-state index in [2.05, 4.69) is 29.2 Å². The number of likely N-dealkylation sites (N-methyl/N-ethyl adjacent to an activating group) is 1. The lowest BCUT2D eigenvalue weighted by Crippen LogP contribution is -2.66. The highest BCUT2D eigenvalue weighted by Gasteiger charge is 2.63. The molecule has 18 atom stereocenters. The molecule has 5 aliphatic heterocycles. The Morgan fingerprint density at radius 3 is 1.86 bits per heavy atom. The Kier molecular flexibility index (Phi) is 19.1. The summed E-state index contributed by atoms with van der Waals surface area (Å²) in [6, 6.07) is 18.9. The fourth-order valence-corrected chi connectivity index (χ4v) is 13.4. The van der Waals surface area contributed by atoms with Gasteiger partial charge in [-0.2, -0.15) is 0 Å². The smallest absolute Gasteiger partial charge is 0.411 e. The Morgan fingerprint density at radius 1 is 0.753 bits per heavy atom. The number of benzene rings is 2. The minimum absolute atomic E-state index is 0.0898. The summed E-state index contributed by atoms with van der Waals surface area (Å²) in [7, 11) is 6.89. The predicted molar refractivity (Wildman–Crippen MR) is 284 cm³/mol. The number of hydrogen-bond donors (Lipinski definition) is 0. The van der Waals surface area contributed by atoms with E-state index in [9.17, 15) is 14.4 Å². The van der Waals surface area contributed by atoms with E-state index in [4.69, 9.17) is 47.4 Å². The van der Waals surface area contributed by atoms with Crippen molar-refractivity contribution in [2.75, 3.05) is 41.4 Å². The van der Waals surface area contributed by atoms with Crippen molar-refractivity contribution in [1.82, 2.24) is 14.7 Å². The van der Waals surface area contributed by atoms with Gasteiger partial charge in [0.1, 0.15) is 17.5 Å². The first-order chi connectivity index (χ1) is 36.3. The number of likely N-dealkylation sites (tertiary alicyclic amines) is 1. The van der Waals surface area contributed by atoms with Crippen LogP contribution in [0.25, 0.3) is 0 Å². The van der Waals surface area contributed by atoms with E-state index in [0.29, 0.717) is 19.5 Å². The largest absolute Gasteiger partial charge is 0.458 e. The summed E-state index contributed by atoms with van der Waals surface area (Å²) in [5, 5.41) is 0. The van der Waals surface area contributed by atoms with Crippen molar-refractivity contribution in [2.45, 2.75) is 205 Å². The molecule has 18 nitrogen and oxygen atoms in total. The van der Waals surface area contributed by atoms with Gasteiger partial charge in [-0.3, -0.25) is 29.0 Å². The Morgan fingerprint density at radius 2 is 1.32 bits per heavy atom. The van der Waals surface area contributed by atoms with E-state index in [1.165, 1.54) is 21.0 Å². The maximum atomic E-state index is 15.5. The van der Waals surface area contributed by atoms with Crippen molar-refractivity contribution in [3.63, 3.8) is 0 Å².